The van der Waals surface area contributed by atoms with E-state index in [0.717, 1.165) is 11.1 Å². The van der Waals surface area contributed by atoms with Gasteiger partial charge in [-0.1, -0.05) is 77.8 Å². The van der Waals surface area contributed by atoms with Gasteiger partial charge >= 0.3 is 0 Å². The predicted molar refractivity (Wildman–Crippen MR) is 147 cm³/mol. The van der Waals surface area contributed by atoms with E-state index in [1.807, 2.05) is 44.2 Å². The van der Waals surface area contributed by atoms with E-state index in [-0.39, 0.29) is 36.0 Å². The molecule has 1 atom stereocenters. The maximum atomic E-state index is 14.0. The van der Waals surface area contributed by atoms with Crippen LogP contribution in [-0.2, 0) is 28.3 Å². The molecular formula is C28H29Cl2FN2O2S. The van der Waals surface area contributed by atoms with E-state index in [0.29, 0.717) is 27.8 Å². The van der Waals surface area contributed by atoms with Gasteiger partial charge in [0.25, 0.3) is 0 Å². The zero-order valence-corrected chi connectivity index (χ0v) is 22.5. The number of carbonyl (C=O) groups excluding carboxylic acids is 2. The van der Waals surface area contributed by atoms with Crippen LogP contribution in [0.25, 0.3) is 0 Å². The van der Waals surface area contributed by atoms with Gasteiger partial charge in [0.05, 0.1) is 15.8 Å². The average Bonchev–Trinajstić information content (AvgIpc) is 2.84. The van der Waals surface area contributed by atoms with E-state index in [2.05, 4.69) is 5.32 Å². The molecule has 190 valence electrons. The number of halogens is 3. The molecule has 3 rings (SSSR count). The van der Waals surface area contributed by atoms with E-state index in [9.17, 15) is 14.0 Å². The van der Waals surface area contributed by atoms with Gasteiger partial charge in [-0.3, -0.25) is 9.59 Å². The molecule has 0 heterocycles. The molecule has 0 bridgehead atoms. The molecule has 4 nitrogen and oxygen atoms in total. The Bertz CT molecular complexity index is 1180. The first-order valence-electron chi connectivity index (χ1n) is 11.6. The Labute approximate surface area is 226 Å². The van der Waals surface area contributed by atoms with Crippen LogP contribution in [0.4, 0.5) is 4.39 Å². The lowest BCUT2D eigenvalue weighted by Gasteiger charge is -2.32. The summed E-state index contributed by atoms with van der Waals surface area (Å²) in [6.45, 7) is 3.94. The number of nitrogens with one attached hydrogen (secondary N) is 1. The van der Waals surface area contributed by atoms with Crippen LogP contribution in [-0.4, -0.2) is 34.6 Å². The van der Waals surface area contributed by atoms with Crippen molar-refractivity contribution in [3.05, 3.63) is 105 Å². The molecule has 0 aromatic heterocycles. The van der Waals surface area contributed by atoms with E-state index in [4.69, 9.17) is 23.2 Å². The van der Waals surface area contributed by atoms with Crippen molar-refractivity contribution in [2.24, 2.45) is 0 Å². The summed E-state index contributed by atoms with van der Waals surface area (Å²) in [6.07, 6.45) is 0.352. The summed E-state index contributed by atoms with van der Waals surface area (Å²) in [5.74, 6) is -0.316. The minimum Gasteiger partial charge on any atom is -0.352 e. The van der Waals surface area contributed by atoms with Crippen LogP contribution in [0.5, 0.6) is 0 Å². The molecule has 2 amide bonds. The number of amides is 2. The number of carbonyl (C=O) groups is 2. The Balaban J connectivity index is 1.88. The summed E-state index contributed by atoms with van der Waals surface area (Å²) in [6, 6.07) is 20.4. The smallest absolute Gasteiger partial charge is 0.243 e. The van der Waals surface area contributed by atoms with Crippen molar-refractivity contribution in [1.29, 1.82) is 0 Å². The third kappa shape index (κ3) is 8.26. The van der Waals surface area contributed by atoms with Gasteiger partial charge in [-0.25, -0.2) is 4.39 Å². The van der Waals surface area contributed by atoms with Crippen molar-refractivity contribution in [1.82, 2.24) is 10.2 Å². The molecule has 0 unspecified atom stereocenters. The first-order chi connectivity index (χ1) is 17.2. The normalized spacial score (nSPS) is 11.8. The molecule has 3 aromatic rings. The highest BCUT2D eigenvalue weighted by atomic mass is 35.5. The molecule has 36 heavy (non-hydrogen) atoms. The summed E-state index contributed by atoms with van der Waals surface area (Å²) < 4.78 is 14.0. The fraction of sp³-hybridized carbons (Fsp3) is 0.286. The van der Waals surface area contributed by atoms with Gasteiger partial charge in [-0.15, -0.1) is 11.8 Å². The summed E-state index contributed by atoms with van der Waals surface area (Å²) in [7, 11) is 0. The summed E-state index contributed by atoms with van der Waals surface area (Å²) in [5.41, 5.74) is 2.23. The quantitative estimate of drug-likeness (QED) is 0.297. The van der Waals surface area contributed by atoms with Gasteiger partial charge in [0, 0.05) is 24.8 Å². The number of thioether (sulfide) groups is 1. The Hall–Kier alpha value is -2.54. The Kier molecular flexibility index (Phi) is 10.7. The Morgan fingerprint density at radius 2 is 1.64 bits per heavy atom. The van der Waals surface area contributed by atoms with E-state index < -0.39 is 6.04 Å². The lowest BCUT2D eigenvalue weighted by molar-refractivity contribution is -0.139. The monoisotopic (exact) mass is 546 g/mol. The second kappa shape index (κ2) is 13.7. The minimum absolute atomic E-state index is 0.0897. The molecule has 1 N–H and O–H groups in total. The van der Waals surface area contributed by atoms with Gasteiger partial charge < -0.3 is 10.2 Å². The van der Waals surface area contributed by atoms with Crippen LogP contribution < -0.4 is 5.32 Å². The molecule has 0 spiro atoms. The van der Waals surface area contributed by atoms with Crippen LogP contribution in [0.3, 0.4) is 0 Å². The van der Waals surface area contributed by atoms with Crippen molar-refractivity contribution >= 4 is 46.8 Å². The highest BCUT2D eigenvalue weighted by Gasteiger charge is 2.30. The Morgan fingerprint density at radius 3 is 2.31 bits per heavy atom. The fourth-order valence-corrected chi connectivity index (χ4v) is 4.93. The number of hydrogen-bond donors (Lipinski definition) is 1. The SMILES string of the molecule is CC(C)NC(=O)[C@@H](Cc1ccccc1)N(Cc1ccc(Cl)c(Cl)c1)C(=O)CSCc1ccccc1F. The minimum atomic E-state index is -0.745. The molecule has 0 aliphatic rings. The molecule has 0 radical (unpaired) electrons. The number of hydrogen-bond acceptors (Lipinski definition) is 3. The summed E-state index contributed by atoms with van der Waals surface area (Å²) in [4.78, 5) is 28.5. The molecular weight excluding hydrogens is 518 g/mol. The van der Waals surface area contributed by atoms with Crippen LogP contribution in [0.15, 0.2) is 72.8 Å². The predicted octanol–water partition coefficient (Wildman–Crippen LogP) is 6.53. The molecule has 8 heteroatoms. The van der Waals surface area contributed by atoms with Gasteiger partial charge in [-0.2, -0.15) is 0 Å². The van der Waals surface area contributed by atoms with E-state index in [1.54, 1.807) is 41.3 Å². The summed E-state index contributed by atoms with van der Waals surface area (Å²) >= 11 is 13.6. The van der Waals surface area contributed by atoms with Gasteiger partial charge in [0.1, 0.15) is 11.9 Å². The van der Waals surface area contributed by atoms with Gasteiger partial charge in [0.2, 0.25) is 11.8 Å². The topological polar surface area (TPSA) is 49.4 Å². The van der Waals surface area contributed by atoms with Gasteiger partial charge in [0.15, 0.2) is 0 Å². The molecule has 3 aromatic carbocycles. The standard InChI is InChI=1S/C28H29Cl2FN2O2S/c1-19(2)32-28(35)26(15-20-8-4-3-5-9-20)33(16-21-12-13-23(29)24(30)14-21)27(34)18-36-17-22-10-6-7-11-25(22)31/h3-14,19,26H,15-18H2,1-2H3,(H,32,35)/t26-/m1/s1. The van der Waals surface area contributed by atoms with Crippen LogP contribution in [0, 0.1) is 5.82 Å². The van der Waals surface area contributed by atoms with Gasteiger partial charge in [-0.05, 0) is 48.7 Å². The second-order valence-corrected chi connectivity index (χ2v) is 10.5. The van der Waals surface area contributed by atoms with Crippen molar-refractivity contribution in [3.8, 4) is 0 Å². The highest BCUT2D eigenvalue weighted by molar-refractivity contribution is 7.99. The van der Waals surface area contributed by atoms with Crippen LogP contribution >= 0.6 is 35.0 Å². The molecule has 0 saturated heterocycles. The number of rotatable bonds is 11. The average molecular weight is 548 g/mol. The number of nitrogens with zero attached hydrogens (tertiary/aromatic N) is 1. The van der Waals surface area contributed by atoms with Crippen LogP contribution in [0.2, 0.25) is 10.0 Å². The van der Waals surface area contributed by atoms with Crippen molar-refractivity contribution in [3.63, 3.8) is 0 Å². The van der Waals surface area contributed by atoms with E-state index >= 15 is 0 Å². The lowest BCUT2D eigenvalue weighted by Crippen LogP contribution is -2.52. The third-order valence-electron chi connectivity index (χ3n) is 5.48. The maximum Gasteiger partial charge on any atom is 0.243 e. The van der Waals surface area contributed by atoms with E-state index in [1.165, 1.54) is 17.8 Å². The third-order valence-corrected chi connectivity index (χ3v) is 7.19. The summed E-state index contributed by atoms with van der Waals surface area (Å²) in [5, 5.41) is 3.75. The van der Waals surface area contributed by atoms with Crippen molar-refractivity contribution < 1.29 is 14.0 Å². The number of benzene rings is 3. The second-order valence-electron chi connectivity index (χ2n) is 8.72. The molecule has 0 saturated carbocycles. The first kappa shape index (κ1) is 28.0. The van der Waals surface area contributed by atoms with Crippen molar-refractivity contribution in [2.75, 3.05) is 5.75 Å². The Morgan fingerprint density at radius 1 is 0.944 bits per heavy atom. The molecule has 0 aliphatic heterocycles. The van der Waals surface area contributed by atoms with Crippen LogP contribution in [0.1, 0.15) is 30.5 Å². The lowest BCUT2D eigenvalue weighted by atomic mass is 10.0. The zero-order chi connectivity index (χ0) is 26.1. The zero-order valence-electron chi connectivity index (χ0n) is 20.2. The first-order valence-corrected chi connectivity index (χ1v) is 13.5. The molecule has 0 fully saturated rings. The largest absolute Gasteiger partial charge is 0.352 e. The molecule has 0 aliphatic carbocycles. The maximum absolute atomic E-state index is 14.0. The highest BCUT2D eigenvalue weighted by Crippen LogP contribution is 2.25. The van der Waals surface area contributed by atoms with Crippen molar-refractivity contribution in [2.45, 2.75) is 44.6 Å². The fourth-order valence-electron chi connectivity index (χ4n) is 3.72.